The number of ether oxygens (including phenoxy) is 1. The Bertz CT molecular complexity index is 999. The third kappa shape index (κ3) is 2.73. The molecule has 1 fully saturated rings. The first-order chi connectivity index (χ1) is 12.3. The predicted octanol–water partition coefficient (Wildman–Crippen LogP) is 3.10. The van der Waals surface area contributed by atoms with Gasteiger partial charge in [-0.2, -0.15) is 4.31 Å². The number of Topliss-reactive ketones (excluding diaryl/α,β-unsaturated/α-hetero) is 1. The summed E-state index contributed by atoms with van der Waals surface area (Å²) in [5.41, 5.74) is 1.81. The molecule has 1 atom stereocenters. The molecule has 2 aromatic rings. The molecule has 0 saturated carbocycles. The van der Waals surface area contributed by atoms with E-state index in [-0.39, 0.29) is 18.7 Å². The van der Waals surface area contributed by atoms with Crippen LogP contribution in [-0.4, -0.2) is 37.2 Å². The fourth-order valence-corrected chi connectivity index (χ4v) is 5.31. The molecule has 0 amide bonds. The Hall–Kier alpha value is -2.18. The number of hydrogen-bond acceptors (Lipinski definition) is 4. The number of hydrogen-bond donors (Lipinski definition) is 0. The summed E-state index contributed by atoms with van der Waals surface area (Å²) < 4.78 is 33.6. The van der Waals surface area contributed by atoms with Gasteiger partial charge in [-0.15, -0.1) is 0 Å². The fourth-order valence-electron chi connectivity index (χ4n) is 3.71. The summed E-state index contributed by atoms with van der Waals surface area (Å²) >= 11 is 0. The maximum absolute atomic E-state index is 13.0. The second kappa shape index (κ2) is 5.93. The van der Waals surface area contributed by atoms with Crippen molar-refractivity contribution in [2.45, 2.75) is 37.2 Å². The highest BCUT2D eigenvalue weighted by molar-refractivity contribution is 7.89. The van der Waals surface area contributed by atoms with Crippen molar-refractivity contribution in [3.8, 4) is 5.75 Å². The normalized spacial score (nSPS) is 23.1. The van der Waals surface area contributed by atoms with Crippen molar-refractivity contribution in [3.63, 3.8) is 0 Å². The van der Waals surface area contributed by atoms with Gasteiger partial charge in [0.15, 0.2) is 5.78 Å². The number of carbonyl (C=O) groups excluding carboxylic acids is 1. The summed E-state index contributed by atoms with van der Waals surface area (Å²) in [6, 6.07) is 12.3. The number of sulfonamides is 1. The van der Waals surface area contributed by atoms with Crippen LogP contribution in [0.2, 0.25) is 0 Å². The van der Waals surface area contributed by atoms with Crippen LogP contribution < -0.4 is 4.74 Å². The van der Waals surface area contributed by atoms with E-state index in [0.29, 0.717) is 29.2 Å². The van der Waals surface area contributed by atoms with E-state index in [0.717, 1.165) is 11.1 Å². The van der Waals surface area contributed by atoms with E-state index in [1.807, 2.05) is 32.0 Å². The highest BCUT2D eigenvalue weighted by atomic mass is 32.2. The summed E-state index contributed by atoms with van der Waals surface area (Å²) in [4.78, 5) is 12.8. The van der Waals surface area contributed by atoms with E-state index in [2.05, 4.69) is 0 Å². The average molecular weight is 371 g/mol. The molecule has 0 aromatic heterocycles. The number of benzene rings is 2. The first kappa shape index (κ1) is 17.2. The van der Waals surface area contributed by atoms with Crippen molar-refractivity contribution in [3.05, 3.63) is 59.2 Å². The number of ketones is 1. The maximum Gasteiger partial charge on any atom is 0.243 e. The lowest BCUT2D eigenvalue weighted by atomic mass is 9.89. The topological polar surface area (TPSA) is 63.7 Å². The number of carbonyl (C=O) groups is 1. The second-order valence-corrected chi connectivity index (χ2v) is 9.15. The summed E-state index contributed by atoms with van der Waals surface area (Å²) in [6.45, 7) is 4.40. The molecule has 26 heavy (non-hydrogen) atoms. The van der Waals surface area contributed by atoms with E-state index in [9.17, 15) is 13.2 Å². The summed E-state index contributed by atoms with van der Waals surface area (Å²) in [5, 5.41) is 0. The van der Waals surface area contributed by atoms with Crippen LogP contribution in [-0.2, 0) is 10.0 Å². The molecule has 0 radical (unpaired) electrons. The largest absolute Gasteiger partial charge is 0.485 e. The molecular formula is C20H21NO4S. The molecule has 1 unspecified atom stereocenters. The van der Waals surface area contributed by atoms with Crippen LogP contribution in [0.1, 0.15) is 34.3 Å². The number of rotatable bonds is 2. The number of para-hydroxylation sites is 1. The van der Waals surface area contributed by atoms with Crippen molar-refractivity contribution in [1.82, 2.24) is 4.31 Å². The van der Waals surface area contributed by atoms with Crippen LogP contribution in [0.5, 0.6) is 5.75 Å². The van der Waals surface area contributed by atoms with E-state index in [1.165, 1.54) is 4.31 Å². The third-order valence-electron chi connectivity index (χ3n) is 5.39. The van der Waals surface area contributed by atoms with Gasteiger partial charge >= 0.3 is 0 Å². The van der Waals surface area contributed by atoms with E-state index >= 15 is 0 Å². The molecule has 1 saturated heterocycles. The Morgan fingerprint density at radius 3 is 2.62 bits per heavy atom. The standard InChI is InChI=1S/C20H21NO4S/c1-14-7-8-16(11-15(14)2)26(23,24)21-10-9-20(13-21)12-18(22)17-5-3-4-6-19(17)25-20/h3-8,11H,9-10,12-13H2,1-2H3. The zero-order valence-electron chi connectivity index (χ0n) is 14.9. The van der Waals surface area contributed by atoms with Gasteiger partial charge in [-0.05, 0) is 49.2 Å². The van der Waals surface area contributed by atoms with E-state index < -0.39 is 15.6 Å². The molecular weight excluding hydrogens is 350 g/mol. The number of aryl methyl sites for hydroxylation is 2. The van der Waals surface area contributed by atoms with E-state index in [4.69, 9.17) is 4.74 Å². The van der Waals surface area contributed by atoms with Gasteiger partial charge in [0.25, 0.3) is 0 Å². The highest BCUT2D eigenvalue weighted by Crippen LogP contribution is 2.40. The Morgan fingerprint density at radius 1 is 1.08 bits per heavy atom. The summed E-state index contributed by atoms with van der Waals surface area (Å²) in [5.74, 6) is 0.562. The minimum Gasteiger partial charge on any atom is -0.485 e. The van der Waals surface area contributed by atoms with Crippen LogP contribution in [0.15, 0.2) is 47.4 Å². The molecule has 2 heterocycles. The Labute approximate surface area is 153 Å². The van der Waals surface area contributed by atoms with Crippen LogP contribution in [0.3, 0.4) is 0 Å². The highest BCUT2D eigenvalue weighted by Gasteiger charge is 2.48. The van der Waals surface area contributed by atoms with Gasteiger partial charge in [-0.25, -0.2) is 8.42 Å². The molecule has 2 aromatic carbocycles. The van der Waals surface area contributed by atoms with Crippen LogP contribution in [0.4, 0.5) is 0 Å². The number of fused-ring (bicyclic) bond motifs is 1. The SMILES string of the molecule is Cc1ccc(S(=O)(=O)N2CCC3(CC(=O)c4ccccc4O3)C2)cc1C. The molecule has 4 rings (SSSR count). The third-order valence-corrected chi connectivity index (χ3v) is 7.24. The van der Waals surface area contributed by atoms with Gasteiger partial charge in [-0.3, -0.25) is 4.79 Å². The molecule has 2 aliphatic heterocycles. The molecule has 136 valence electrons. The monoisotopic (exact) mass is 371 g/mol. The van der Waals surface area contributed by atoms with E-state index in [1.54, 1.807) is 24.3 Å². The Kier molecular flexibility index (Phi) is 3.93. The Morgan fingerprint density at radius 2 is 1.85 bits per heavy atom. The summed E-state index contributed by atoms with van der Waals surface area (Å²) in [6.07, 6.45) is 0.722. The smallest absolute Gasteiger partial charge is 0.243 e. The van der Waals surface area contributed by atoms with Crippen molar-refractivity contribution in [1.29, 1.82) is 0 Å². The van der Waals surface area contributed by atoms with Crippen molar-refractivity contribution in [2.24, 2.45) is 0 Å². The van der Waals surface area contributed by atoms with Crippen LogP contribution in [0.25, 0.3) is 0 Å². The zero-order chi connectivity index (χ0) is 18.5. The van der Waals surface area contributed by atoms with Crippen LogP contribution >= 0.6 is 0 Å². The predicted molar refractivity (Wildman–Crippen MR) is 98.0 cm³/mol. The van der Waals surface area contributed by atoms with Crippen molar-refractivity contribution in [2.75, 3.05) is 13.1 Å². The van der Waals surface area contributed by atoms with Crippen LogP contribution in [0, 0.1) is 13.8 Å². The van der Waals surface area contributed by atoms with Crippen molar-refractivity contribution < 1.29 is 17.9 Å². The first-order valence-corrected chi connectivity index (χ1v) is 10.1. The molecule has 5 nitrogen and oxygen atoms in total. The lowest BCUT2D eigenvalue weighted by Crippen LogP contribution is -2.45. The molecule has 1 spiro atoms. The number of nitrogens with zero attached hydrogens (tertiary/aromatic N) is 1. The lowest BCUT2D eigenvalue weighted by Gasteiger charge is -2.34. The van der Waals surface area contributed by atoms with Gasteiger partial charge in [0.1, 0.15) is 11.4 Å². The molecule has 6 heteroatoms. The molecule has 2 aliphatic rings. The van der Waals surface area contributed by atoms with Gasteiger partial charge in [0, 0.05) is 13.0 Å². The molecule has 0 N–H and O–H groups in total. The molecule has 0 aliphatic carbocycles. The lowest BCUT2D eigenvalue weighted by molar-refractivity contribution is 0.0498. The maximum atomic E-state index is 13.0. The Balaban J connectivity index is 1.62. The average Bonchev–Trinajstić information content (AvgIpc) is 3.01. The minimum atomic E-state index is -3.61. The zero-order valence-corrected chi connectivity index (χ0v) is 15.7. The summed E-state index contributed by atoms with van der Waals surface area (Å²) in [7, 11) is -3.61. The van der Waals surface area contributed by atoms with Crippen molar-refractivity contribution >= 4 is 15.8 Å². The van der Waals surface area contributed by atoms with Gasteiger partial charge in [-0.1, -0.05) is 18.2 Å². The van der Waals surface area contributed by atoms with Gasteiger partial charge in [0.2, 0.25) is 10.0 Å². The van der Waals surface area contributed by atoms with Gasteiger partial charge in [0.05, 0.1) is 23.4 Å². The minimum absolute atomic E-state index is 0.0114. The fraction of sp³-hybridized carbons (Fsp3) is 0.350. The second-order valence-electron chi connectivity index (χ2n) is 7.22. The van der Waals surface area contributed by atoms with Gasteiger partial charge < -0.3 is 4.74 Å². The quantitative estimate of drug-likeness (QED) is 0.814. The first-order valence-electron chi connectivity index (χ1n) is 8.69. The molecule has 0 bridgehead atoms.